The van der Waals surface area contributed by atoms with Gasteiger partial charge in [-0.2, -0.15) is 0 Å². The first-order valence-electron chi connectivity index (χ1n) is 6.60. The highest BCUT2D eigenvalue weighted by molar-refractivity contribution is 9.09. The first-order valence-corrected chi connectivity index (χ1v) is 7.72. The average molecular weight is 288 g/mol. The fraction of sp³-hybridized carbons (Fsp3) is 0.923. The molecule has 0 saturated heterocycles. The third-order valence-electron chi connectivity index (χ3n) is 4.05. The molecule has 3 heteroatoms. The van der Waals surface area contributed by atoms with Gasteiger partial charge in [0.15, 0.2) is 0 Å². The summed E-state index contributed by atoms with van der Waals surface area (Å²) in [4.78, 5) is 14.5. The maximum Gasteiger partial charge on any atom is 0.226 e. The Labute approximate surface area is 107 Å². The van der Waals surface area contributed by atoms with Crippen LogP contribution in [0.4, 0.5) is 0 Å². The Morgan fingerprint density at radius 3 is 2.44 bits per heavy atom. The van der Waals surface area contributed by atoms with Crippen molar-refractivity contribution >= 4 is 21.8 Å². The smallest absolute Gasteiger partial charge is 0.226 e. The van der Waals surface area contributed by atoms with Crippen molar-refractivity contribution in [2.75, 3.05) is 11.9 Å². The van der Waals surface area contributed by atoms with Crippen LogP contribution in [-0.4, -0.2) is 28.7 Å². The number of carbonyl (C=O) groups is 1. The molecular formula is C13H22BrNO. The summed E-state index contributed by atoms with van der Waals surface area (Å²) in [5.41, 5.74) is 0. The van der Waals surface area contributed by atoms with Crippen LogP contribution in [0.15, 0.2) is 0 Å². The highest BCUT2D eigenvalue weighted by Crippen LogP contribution is 2.40. The summed E-state index contributed by atoms with van der Waals surface area (Å²) in [7, 11) is 0. The molecule has 2 aliphatic carbocycles. The lowest BCUT2D eigenvalue weighted by atomic mass is 9.94. The van der Waals surface area contributed by atoms with Crippen LogP contribution < -0.4 is 0 Å². The zero-order valence-corrected chi connectivity index (χ0v) is 11.7. The Morgan fingerprint density at radius 1 is 1.31 bits per heavy atom. The zero-order chi connectivity index (χ0) is 11.5. The second-order valence-electron chi connectivity index (χ2n) is 5.33. The van der Waals surface area contributed by atoms with Gasteiger partial charge >= 0.3 is 0 Å². The second-order valence-corrected chi connectivity index (χ2v) is 6.12. The van der Waals surface area contributed by atoms with E-state index >= 15 is 0 Å². The molecule has 2 unspecified atom stereocenters. The van der Waals surface area contributed by atoms with Gasteiger partial charge in [-0.05, 0) is 25.2 Å². The normalized spacial score (nSPS) is 30.1. The SMILES string of the molecule is CC1CC1C(=O)N(CCBr)C1CCCCC1. The Kier molecular flexibility index (Phi) is 4.28. The summed E-state index contributed by atoms with van der Waals surface area (Å²) in [6, 6.07) is 0.534. The predicted octanol–water partition coefficient (Wildman–Crippen LogP) is 3.20. The van der Waals surface area contributed by atoms with Crippen molar-refractivity contribution in [3.05, 3.63) is 0 Å². The maximum absolute atomic E-state index is 12.3. The van der Waals surface area contributed by atoms with Crippen molar-refractivity contribution in [1.29, 1.82) is 0 Å². The molecule has 0 N–H and O–H groups in total. The van der Waals surface area contributed by atoms with E-state index in [4.69, 9.17) is 0 Å². The number of halogens is 1. The van der Waals surface area contributed by atoms with Crippen molar-refractivity contribution < 1.29 is 4.79 Å². The molecule has 0 aromatic rings. The van der Waals surface area contributed by atoms with Crippen LogP contribution in [0.5, 0.6) is 0 Å². The van der Waals surface area contributed by atoms with Gasteiger partial charge in [0.05, 0.1) is 0 Å². The summed E-state index contributed by atoms with van der Waals surface area (Å²) < 4.78 is 0. The molecule has 0 radical (unpaired) electrons. The number of alkyl halides is 1. The lowest BCUT2D eigenvalue weighted by molar-refractivity contribution is -0.135. The van der Waals surface area contributed by atoms with Crippen molar-refractivity contribution in [3.8, 4) is 0 Å². The van der Waals surface area contributed by atoms with E-state index < -0.39 is 0 Å². The molecule has 0 bridgehead atoms. The van der Waals surface area contributed by atoms with Crippen LogP contribution in [0.3, 0.4) is 0 Å². The van der Waals surface area contributed by atoms with Crippen LogP contribution in [-0.2, 0) is 4.79 Å². The number of rotatable bonds is 4. The zero-order valence-electron chi connectivity index (χ0n) is 10.1. The molecule has 0 aliphatic heterocycles. The lowest BCUT2D eigenvalue weighted by Crippen LogP contribution is -2.43. The standard InChI is InChI=1S/C13H22BrNO/c1-10-9-12(10)13(16)15(8-7-14)11-5-3-2-4-6-11/h10-12H,2-9H2,1H3. The van der Waals surface area contributed by atoms with Crippen molar-refractivity contribution in [2.45, 2.75) is 51.5 Å². The lowest BCUT2D eigenvalue weighted by Gasteiger charge is -2.34. The van der Waals surface area contributed by atoms with E-state index in [1.807, 2.05) is 0 Å². The summed E-state index contributed by atoms with van der Waals surface area (Å²) >= 11 is 3.48. The van der Waals surface area contributed by atoms with E-state index in [1.165, 1.54) is 32.1 Å². The van der Waals surface area contributed by atoms with E-state index in [-0.39, 0.29) is 0 Å². The summed E-state index contributed by atoms with van der Waals surface area (Å²) in [6.07, 6.45) is 7.52. The number of hydrogen-bond acceptors (Lipinski definition) is 1. The molecule has 2 atom stereocenters. The molecule has 1 amide bonds. The van der Waals surface area contributed by atoms with Crippen LogP contribution in [0.1, 0.15) is 45.4 Å². The molecule has 2 rings (SSSR count). The first kappa shape index (κ1) is 12.4. The second kappa shape index (κ2) is 5.52. The van der Waals surface area contributed by atoms with E-state index in [2.05, 4.69) is 27.8 Å². The van der Waals surface area contributed by atoms with Gasteiger partial charge < -0.3 is 4.90 Å². The molecule has 16 heavy (non-hydrogen) atoms. The number of hydrogen-bond donors (Lipinski definition) is 0. The van der Waals surface area contributed by atoms with Crippen molar-refractivity contribution in [2.24, 2.45) is 11.8 Å². The minimum Gasteiger partial charge on any atom is -0.339 e. The Hall–Kier alpha value is -0.0500. The van der Waals surface area contributed by atoms with Gasteiger partial charge in [-0.1, -0.05) is 42.1 Å². The molecule has 0 spiro atoms. The molecule has 0 aromatic carbocycles. The van der Waals surface area contributed by atoms with Gasteiger partial charge in [0.2, 0.25) is 5.91 Å². The number of amides is 1. The molecule has 0 heterocycles. The molecular weight excluding hydrogens is 266 g/mol. The van der Waals surface area contributed by atoms with E-state index in [9.17, 15) is 4.79 Å². The van der Waals surface area contributed by atoms with Gasteiger partial charge in [0.25, 0.3) is 0 Å². The quantitative estimate of drug-likeness (QED) is 0.727. The van der Waals surface area contributed by atoms with Gasteiger partial charge in [-0.25, -0.2) is 0 Å². The van der Waals surface area contributed by atoms with E-state index in [0.29, 0.717) is 23.8 Å². The van der Waals surface area contributed by atoms with Crippen LogP contribution in [0, 0.1) is 11.8 Å². The van der Waals surface area contributed by atoms with Crippen LogP contribution in [0.25, 0.3) is 0 Å². The highest BCUT2D eigenvalue weighted by atomic mass is 79.9. The van der Waals surface area contributed by atoms with Gasteiger partial charge in [-0.3, -0.25) is 4.79 Å². The Bertz CT molecular complexity index is 250. The first-order chi connectivity index (χ1) is 7.74. The number of carbonyl (C=O) groups excluding carboxylic acids is 1. The fourth-order valence-corrected chi connectivity index (χ4v) is 3.22. The van der Waals surface area contributed by atoms with Crippen molar-refractivity contribution in [3.63, 3.8) is 0 Å². The molecule has 2 aliphatic rings. The Morgan fingerprint density at radius 2 is 1.94 bits per heavy atom. The Balaban J connectivity index is 1.94. The maximum atomic E-state index is 12.3. The summed E-state index contributed by atoms with van der Waals surface area (Å²) in [5.74, 6) is 1.41. The minimum absolute atomic E-state index is 0.348. The van der Waals surface area contributed by atoms with Gasteiger partial charge in [0, 0.05) is 23.8 Å². The van der Waals surface area contributed by atoms with Gasteiger partial charge in [0.1, 0.15) is 0 Å². The van der Waals surface area contributed by atoms with Gasteiger partial charge in [-0.15, -0.1) is 0 Å². The van der Waals surface area contributed by atoms with E-state index in [0.717, 1.165) is 18.3 Å². The topological polar surface area (TPSA) is 20.3 Å². The molecule has 2 saturated carbocycles. The molecule has 92 valence electrons. The third kappa shape index (κ3) is 2.79. The highest BCUT2D eigenvalue weighted by Gasteiger charge is 2.42. The number of nitrogens with zero attached hydrogens (tertiary/aromatic N) is 1. The van der Waals surface area contributed by atoms with E-state index in [1.54, 1.807) is 0 Å². The predicted molar refractivity (Wildman–Crippen MR) is 69.7 cm³/mol. The molecule has 2 nitrogen and oxygen atoms in total. The monoisotopic (exact) mass is 287 g/mol. The largest absolute Gasteiger partial charge is 0.339 e. The third-order valence-corrected chi connectivity index (χ3v) is 4.41. The average Bonchev–Trinajstić information content (AvgIpc) is 3.04. The molecule has 2 fully saturated rings. The summed E-state index contributed by atoms with van der Waals surface area (Å²) in [5, 5.41) is 0.913. The van der Waals surface area contributed by atoms with Crippen LogP contribution >= 0.6 is 15.9 Å². The van der Waals surface area contributed by atoms with Crippen LogP contribution in [0.2, 0.25) is 0 Å². The fourth-order valence-electron chi connectivity index (χ4n) is 2.84. The minimum atomic E-state index is 0.348. The summed E-state index contributed by atoms with van der Waals surface area (Å²) in [6.45, 7) is 3.09. The van der Waals surface area contributed by atoms with Crippen molar-refractivity contribution in [1.82, 2.24) is 4.90 Å². The molecule has 0 aromatic heterocycles.